The molecule has 0 aromatic carbocycles. The van der Waals surface area contributed by atoms with Crippen LogP contribution in [0.1, 0.15) is 23.0 Å². The van der Waals surface area contributed by atoms with Crippen molar-refractivity contribution >= 4 is 28.9 Å². The van der Waals surface area contributed by atoms with Crippen molar-refractivity contribution in [3.63, 3.8) is 0 Å². The average Bonchev–Trinajstić information content (AvgIpc) is 2.99. The molecule has 0 atom stereocenters. The minimum atomic E-state index is -0.220. The van der Waals surface area contributed by atoms with E-state index < -0.39 is 0 Å². The van der Waals surface area contributed by atoms with Crippen LogP contribution in [0.2, 0.25) is 0 Å². The van der Waals surface area contributed by atoms with Crippen LogP contribution in [0, 0.1) is 0 Å². The zero-order valence-electron chi connectivity index (χ0n) is 9.88. The highest BCUT2D eigenvalue weighted by Gasteiger charge is 2.12. The van der Waals surface area contributed by atoms with Gasteiger partial charge in [0.25, 0.3) is 0 Å². The normalized spacial score (nSPS) is 10.7. The summed E-state index contributed by atoms with van der Waals surface area (Å²) >= 11 is 2.72. The van der Waals surface area contributed by atoms with E-state index in [-0.39, 0.29) is 11.5 Å². The van der Waals surface area contributed by atoms with E-state index in [1.807, 2.05) is 18.4 Å². The van der Waals surface area contributed by atoms with Crippen LogP contribution in [0.15, 0.2) is 27.5 Å². The molecule has 0 spiro atoms. The molecule has 1 N–H and O–H groups in total. The Balaban J connectivity index is 2.02. The van der Waals surface area contributed by atoms with Crippen molar-refractivity contribution in [2.45, 2.75) is 25.0 Å². The van der Waals surface area contributed by atoms with Crippen LogP contribution >= 0.6 is 23.1 Å². The summed E-state index contributed by atoms with van der Waals surface area (Å²) < 4.78 is 1.56. The molecule has 0 amide bonds. The van der Waals surface area contributed by atoms with E-state index in [0.29, 0.717) is 17.5 Å². The lowest BCUT2D eigenvalue weighted by molar-refractivity contribution is 0.102. The molecule has 0 fully saturated rings. The molecule has 7 heteroatoms. The number of Topliss-reactive ketones (excluding diaryl/α,β-unsaturated/α-hetero) is 1. The SMILES string of the molecule is CCCn1c(SCC(=O)c2cccs2)n[nH]c1=O. The number of carbonyl (C=O) groups excluding carboxylic acids is 1. The summed E-state index contributed by atoms with van der Waals surface area (Å²) in [5, 5.41) is 8.79. The highest BCUT2D eigenvalue weighted by atomic mass is 32.2. The molecule has 0 radical (unpaired) electrons. The van der Waals surface area contributed by atoms with Gasteiger partial charge in [-0.15, -0.1) is 16.4 Å². The number of nitrogens with zero attached hydrogens (tertiary/aromatic N) is 2. The summed E-state index contributed by atoms with van der Waals surface area (Å²) in [4.78, 5) is 24.0. The van der Waals surface area contributed by atoms with E-state index >= 15 is 0 Å². The molecule has 0 aliphatic carbocycles. The third-order valence-corrected chi connectivity index (χ3v) is 4.19. The number of H-pyrrole nitrogens is 1. The number of aromatic amines is 1. The topological polar surface area (TPSA) is 67.8 Å². The molecule has 0 saturated carbocycles. The highest BCUT2D eigenvalue weighted by molar-refractivity contribution is 7.99. The van der Waals surface area contributed by atoms with Gasteiger partial charge >= 0.3 is 5.69 Å². The second-order valence-corrected chi connectivity index (χ2v) is 5.54. The molecule has 2 heterocycles. The highest BCUT2D eigenvalue weighted by Crippen LogP contribution is 2.17. The maximum Gasteiger partial charge on any atom is 0.343 e. The summed E-state index contributed by atoms with van der Waals surface area (Å²) in [7, 11) is 0. The van der Waals surface area contributed by atoms with Gasteiger partial charge in [0.1, 0.15) is 0 Å². The van der Waals surface area contributed by atoms with E-state index in [9.17, 15) is 9.59 Å². The fourth-order valence-corrected chi connectivity index (χ4v) is 3.08. The van der Waals surface area contributed by atoms with Crippen molar-refractivity contribution in [2.75, 3.05) is 5.75 Å². The molecule has 5 nitrogen and oxygen atoms in total. The zero-order chi connectivity index (χ0) is 13.0. The van der Waals surface area contributed by atoms with Crippen LogP contribution in [0.3, 0.4) is 0 Å². The van der Waals surface area contributed by atoms with Crippen LogP contribution in [-0.2, 0) is 6.54 Å². The first-order valence-corrected chi connectivity index (χ1v) is 7.43. The maximum absolute atomic E-state index is 11.8. The molecular formula is C11H13N3O2S2. The van der Waals surface area contributed by atoms with Crippen LogP contribution in [0.5, 0.6) is 0 Å². The molecule has 2 aromatic rings. The predicted octanol–water partition coefficient (Wildman–Crippen LogP) is 2.02. The second kappa shape index (κ2) is 6.01. The van der Waals surface area contributed by atoms with Crippen LogP contribution < -0.4 is 5.69 Å². The molecule has 0 bridgehead atoms. The minimum Gasteiger partial charge on any atom is -0.292 e. The predicted molar refractivity (Wildman–Crippen MR) is 72.5 cm³/mol. The van der Waals surface area contributed by atoms with Crippen molar-refractivity contribution in [2.24, 2.45) is 0 Å². The van der Waals surface area contributed by atoms with Crippen molar-refractivity contribution in [3.8, 4) is 0 Å². The minimum absolute atomic E-state index is 0.0634. The molecular weight excluding hydrogens is 270 g/mol. The van der Waals surface area contributed by atoms with Gasteiger partial charge in [-0.25, -0.2) is 9.89 Å². The molecule has 18 heavy (non-hydrogen) atoms. The summed E-state index contributed by atoms with van der Waals surface area (Å²) in [6.45, 7) is 2.61. The van der Waals surface area contributed by atoms with Gasteiger partial charge in [0.2, 0.25) is 0 Å². The standard InChI is InChI=1S/C11H13N3O2S2/c1-2-5-14-10(16)12-13-11(14)18-7-8(15)9-4-3-6-17-9/h3-4,6H,2,5,7H2,1H3,(H,12,16). The van der Waals surface area contributed by atoms with E-state index in [1.54, 1.807) is 10.6 Å². The smallest absolute Gasteiger partial charge is 0.292 e. The Morgan fingerprint density at radius 1 is 1.61 bits per heavy atom. The van der Waals surface area contributed by atoms with Crippen molar-refractivity contribution < 1.29 is 4.79 Å². The van der Waals surface area contributed by atoms with Gasteiger partial charge in [-0.05, 0) is 17.9 Å². The van der Waals surface area contributed by atoms with Gasteiger partial charge in [-0.1, -0.05) is 24.8 Å². The Hall–Kier alpha value is -1.34. The van der Waals surface area contributed by atoms with Gasteiger partial charge in [-0.3, -0.25) is 9.36 Å². The number of ketones is 1. The lowest BCUT2D eigenvalue weighted by atomic mass is 10.4. The lowest BCUT2D eigenvalue weighted by Crippen LogP contribution is -2.17. The number of hydrogen-bond donors (Lipinski definition) is 1. The fraction of sp³-hybridized carbons (Fsp3) is 0.364. The third-order valence-electron chi connectivity index (χ3n) is 2.30. The Morgan fingerprint density at radius 3 is 3.11 bits per heavy atom. The van der Waals surface area contributed by atoms with Gasteiger partial charge < -0.3 is 0 Å². The second-order valence-electron chi connectivity index (χ2n) is 3.65. The third kappa shape index (κ3) is 2.91. The summed E-state index contributed by atoms with van der Waals surface area (Å²) in [6.07, 6.45) is 0.853. The molecule has 96 valence electrons. The summed E-state index contributed by atoms with van der Waals surface area (Å²) in [5.74, 6) is 0.364. The fourth-order valence-electron chi connectivity index (χ4n) is 1.47. The number of thiophene rings is 1. The Kier molecular flexibility index (Phi) is 4.38. The molecule has 0 aliphatic rings. The number of thioether (sulfide) groups is 1. The number of aromatic nitrogens is 3. The van der Waals surface area contributed by atoms with E-state index in [4.69, 9.17) is 0 Å². The number of hydrogen-bond acceptors (Lipinski definition) is 5. The molecule has 0 saturated heterocycles. The number of rotatable bonds is 6. The summed E-state index contributed by atoms with van der Waals surface area (Å²) in [6, 6.07) is 3.65. The Morgan fingerprint density at radius 2 is 2.44 bits per heavy atom. The first-order valence-electron chi connectivity index (χ1n) is 5.57. The quantitative estimate of drug-likeness (QED) is 0.650. The number of nitrogens with one attached hydrogen (secondary N) is 1. The van der Waals surface area contributed by atoms with Gasteiger partial charge in [-0.2, -0.15) is 0 Å². The van der Waals surface area contributed by atoms with E-state index in [0.717, 1.165) is 11.3 Å². The van der Waals surface area contributed by atoms with Gasteiger partial charge in [0, 0.05) is 6.54 Å². The molecule has 2 aromatic heterocycles. The number of carbonyl (C=O) groups is 1. The van der Waals surface area contributed by atoms with E-state index in [2.05, 4.69) is 10.2 Å². The van der Waals surface area contributed by atoms with Crippen LogP contribution in [0.4, 0.5) is 0 Å². The van der Waals surface area contributed by atoms with Crippen molar-refractivity contribution in [1.29, 1.82) is 0 Å². The first kappa shape index (κ1) is 13.1. The van der Waals surface area contributed by atoms with Gasteiger partial charge in [0.15, 0.2) is 10.9 Å². The Bertz CT molecular complexity index is 571. The lowest BCUT2D eigenvalue weighted by Gasteiger charge is -2.02. The van der Waals surface area contributed by atoms with Crippen molar-refractivity contribution in [1.82, 2.24) is 14.8 Å². The Labute approximate surface area is 112 Å². The van der Waals surface area contributed by atoms with Crippen LogP contribution in [-0.4, -0.2) is 26.3 Å². The summed E-state index contributed by atoms with van der Waals surface area (Å²) in [5.41, 5.74) is -0.220. The van der Waals surface area contributed by atoms with Crippen molar-refractivity contribution in [3.05, 3.63) is 32.9 Å². The monoisotopic (exact) mass is 283 g/mol. The largest absolute Gasteiger partial charge is 0.343 e. The molecule has 0 unspecified atom stereocenters. The van der Waals surface area contributed by atoms with Crippen LogP contribution in [0.25, 0.3) is 0 Å². The van der Waals surface area contributed by atoms with E-state index in [1.165, 1.54) is 23.1 Å². The molecule has 2 rings (SSSR count). The maximum atomic E-state index is 11.8. The molecule has 0 aliphatic heterocycles. The zero-order valence-corrected chi connectivity index (χ0v) is 11.5. The first-order chi connectivity index (χ1) is 8.72. The average molecular weight is 283 g/mol. The van der Waals surface area contributed by atoms with Gasteiger partial charge in [0.05, 0.1) is 10.6 Å².